The highest BCUT2D eigenvalue weighted by Gasteiger charge is 2.26. The fourth-order valence-corrected chi connectivity index (χ4v) is 3.49. The number of aryl methyl sites for hydroxylation is 1. The molecule has 0 fully saturated rings. The molecule has 3 aromatic rings. The van der Waals surface area contributed by atoms with Gasteiger partial charge in [-0.15, -0.1) is 0 Å². The smallest absolute Gasteiger partial charge is 0.271 e. The van der Waals surface area contributed by atoms with Gasteiger partial charge >= 0.3 is 0 Å². The standard InChI is InChI=1S/C20H17ClN4O/c1-12-24-19(20(26)22-2)17-11-23-18(13-6-4-3-5-7-13)15-10-14(21)8-9-16(15)25(12)17/h3-10H,11H2,1-2H3,(H,22,26). The number of hydrogen-bond donors (Lipinski definition) is 1. The minimum atomic E-state index is -0.212. The van der Waals surface area contributed by atoms with Crippen LogP contribution in [0.15, 0.2) is 53.5 Å². The molecule has 0 saturated carbocycles. The molecule has 1 N–H and O–H groups in total. The number of carbonyl (C=O) groups is 1. The van der Waals surface area contributed by atoms with Gasteiger partial charge in [0, 0.05) is 23.2 Å². The Hall–Kier alpha value is -2.92. The Morgan fingerprint density at radius 3 is 2.69 bits per heavy atom. The highest BCUT2D eigenvalue weighted by molar-refractivity contribution is 6.31. The van der Waals surface area contributed by atoms with E-state index in [1.165, 1.54) is 0 Å². The number of carbonyl (C=O) groups excluding carboxylic acids is 1. The number of hydrogen-bond acceptors (Lipinski definition) is 3. The molecule has 2 aromatic carbocycles. The second kappa shape index (κ2) is 6.42. The summed E-state index contributed by atoms with van der Waals surface area (Å²) < 4.78 is 2.00. The monoisotopic (exact) mass is 364 g/mol. The summed E-state index contributed by atoms with van der Waals surface area (Å²) in [6.07, 6.45) is 0. The maximum absolute atomic E-state index is 12.3. The lowest BCUT2D eigenvalue weighted by Crippen LogP contribution is -2.20. The summed E-state index contributed by atoms with van der Waals surface area (Å²) in [5.41, 5.74) is 4.89. The van der Waals surface area contributed by atoms with Gasteiger partial charge in [0.05, 0.1) is 23.6 Å². The Labute approximate surface area is 156 Å². The number of nitrogens with one attached hydrogen (secondary N) is 1. The van der Waals surface area contributed by atoms with E-state index in [2.05, 4.69) is 10.3 Å². The van der Waals surface area contributed by atoms with Gasteiger partial charge in [0.25, 0.3) is 5.91 Å². The van der Waals surface area contributed by atoms with E-state index in [9.17, 15) is 4.79 Å². The van der Waals surface area contributed by atoms with Crippen molar-refractivity contribution in [2.24, 2.45) is 4.99 Å². The summed E-state index contributed by atoms with van der Waals surface area (Å²) in [5, 5.41) is 3.30. The molecule has 0 bridgehead atoms. The van der Waals surface area contributed by atoms with Gasteiger partial charge < -0.3 is 5.32 Å². The van der Waals surface area contributed by atoms with Crippen LogP contribution >= 0.6 is 11.6 Å². The molecule has 1 amide bonds. The maximum atomic E-state index is 12.3. The Morgan fingerprint density at radius 1 is 1.19 bits per heavy atom. The van der Waals surface area contributed by atoms with E-state index in [0.717, 1.165) is 34.0 Å². The van der Waals surface area contributed by atoms with Crippen molar-refractivity contribution in [3.63, 3.8) is 0 Å². The molecule has 0 unspecified atom stereocenters. The van der Waals surface area contributed by atoms with Gasteiger partial charge in [0.1, 0.15) is 5.82 Å². The number of rotatable bonds is 2. The van der Waals surface area contributed by atoms with Gasteiger partial charge in [0.2, 0.25) is 0 Å². The summed E-state index contributed by atoms with van der Waals surface area (Å²) in [6, 6.07) is 15.7. The minimum absolute atomic E-state index is 0.212. The second-order valence-electron chi connectivity index (χ2n) is 6.06. The Kier molecular flexibility index (Phi) is 4.09. The van der Waals surface area contributed by atoms with Gasteiger partial charge in [0.15, 0.2) is 5.69 Å². The van der Waals surface area contributed by atoms with Crippen molar-refractivity contribution in [3.8, 4) is 5.69 Å². The van der Waals surface area contributed by atoms with Crippen molar-refractivity contribution in [2.75, 3.05) is 7.05 Å². The molecule has 0 radical (unpaired) electrons. The summed E-state index contributed by atoms with van der Waals surface area (Å²) in [5.74, 6) is 0.530. The van der Waals surface area contributed by atoms with Crippen LogP contribution in [-0.2, 0) is 6.54 Å². The van der Waals surface area contributed by atoms with E-state index in [1.54, 1.807) is 7.05 Å². The molecule has 1 aliphatic heterocycles. The van der Waals surface area contributed by atoms with Crippen molar-refractivity contribution >= 4 is 23.2 Å². The number of aromatic nitrogens is 2. The number of amides is 1. The molecule has 1 aromatic heterocycles. The lowest BCUT2D eigenvalue weighted by molar-refractivity contribution is 0.0957. The van der Waals surface area contributed by atoms with E-state index >= 15 is 0 Å². The Morgan fingerprint density at radius 2 is 1.96 bits per heavy atom. The van der Waals surface area contributed by atoms with E-state index < -0.39 is 0 Å². The second-order valence-corrected chi connectivity index (χ2v) is 6.50. The number of fused-ring (bicyclic) bond motifs is 3. The van der Waals surface area contributed by atoms with Crippen LogP contribution in [0.2, 0.25) is 5.02 Å². The first-order valence-electron chi connectivity index (χ1n) is 8.30. The molecule has 0 atom stereocenters. The molecule has 0 saturated heterocycles. The normalized spacial score (nSPS) is 12.7. The molecular weight excluding hydrogens is 348 g/mol. The van der Waals surface area contributed by atoms with Gasteiger partial charge in [-0.2, -0.15) is 0 Å². The van der Waals surface area contributed by atoms with E-state index in [4.69, 9.17) is 16.6 Å². The lowest BCUT2D eigenvalue weighted by atomic mass is 10.0. The number of imidazole rings is 1. The molecule has 0 spiro atoms. The number of benzene rings is 2. The van der Waals surface area contributed by atoms with Crippen LogP contribution in [0, 0.1) is 6.92 Å². The molecule has 6 heteroatoms. The molecule has 130 valence electrons. The van der Waals surface area contributed by atoms with E-state index in [1.807, 2.05) is 60.0 Å². The third kappa shape index (κ3) is 2.61. The van der Waals surface area contributed by atoms with Crippen LogP contribution < -0.4 is 5.32 Å². The molecular formula is C20H17ClN4O. The van der Waals surface area contributed by atoms with Gasteiger partial charge in [-0.3, -0.25) is 14.4 Å². The fourth-order valence-electron chi connectivity index (χ4n) is 3.32. The molecule has 26 heavy (non-hydrogen) atoms. The summed E-state index contributed by atoms with van der Waals surface area (Å²) >= 11 is 6.28. The number of halogens is 1. The lowest BCUT2D eigenvalue weighted by Gasteiger charge is -2.13. The van der Waals surface area contributed by atoms with E-state index in [0.29, 0.717) is 17.3 Å². The first kappa shape index (κ1) is 16.5. The zero-order valence-corrected chi connectivity index (χ0v) is 15.2. The van der Waals surface area contributed by atoms with E-state index in [-0.39, 0.29) is 5.91 Å². The number of aliphatic imine (C=N–C) groups is 1. The third-order valence-corrected chi connectivity index (χ3v) is 4.71. The molecule has 0 aliphatic carbocycles. The average molecular weight is 365 g/mol. The first-order valence-corrected chi connectivity index (χ1v) is 8.68. The van der Waals surface area contributed by atoms with Crippen LogP contribution in [0.25, 0.3) is 5.69 Å². The van der Waals surface area contributed by atoms with Crippen LogP contribution in [-0.4, -0.2) is 28.2 Å². The van der Waals surface area contributed by atoms with Crippen molar-refractivity contribution in [3.05, 3.63) is 81.9 Å². The topological polar surface area (TPSA) is 59.3 Å². The fraction of sp³-hybridized carbons (Fsp3) is 0.150. The van der Waals surface area contributed by atoms with Gasteiger partial charge in [-0.25, -0.2) is 4.98 Å². The molecule has 5 nitrogen and oxygen atoms in total. The largest absolute Gasteiger partial charge is 0.354 e. The predicted molar refractivity (Wildman–Crippen MR) is 102 cm³/mol. The van der Waals surface area contributed by atoms with Crippen molar-refractivity contribution in [1.82, 2.24) is 14.9 Å². The Bertz CT molecular complexity index is 1040. The maximum Gasteiger partial charge on any atom is 0.271 e. The van der Waals surface area contributed by atoms with Crippen molar-refractivity contribution in [1.29, 1.82) is 0 Å². The Balaban J connectivity index is 2.01. The minimum Gasteiger partial charge on any atom is -0.354 e. The summed E-state index contributed by atoms with van der Waals surface area (Å²) in [7, 11) is 1.60. The molecule has 1 aliphatic rings. The first-order chi connectivity index (χ1) is 12.6. The van der Waals surface area contributed by atoms with Crippen LogP contribution in [0.1, 0.15) is 33.1 Å². The zero-order chi connectivity index (χ0) is 18.3. The molecule has 2 heterocycles. The van der Waals surface area contributed by atoms with Crippen LogP contribution in [0.3, 0.4) is 0 Å². The quantitative estimate of drug-likeness (QED) is 0.756. The van der Waals surface area contributed by atoms with Gasteiger partial charge in [-0.1, -0.05) is 41.9 Å². The summed E-state index contributed by atoms with van der Waals surface area (Å²) in [4.78, 5) is 21.6. The molecule has 4 rings (SSSR count). The third-order valence-electron chi connectivity index (χ3n) is 4.47. The average Bonchev–Trinajstić information content (AvgIpc) is 2.89. The number of nitrogens with zero attached hydrogens (tertiary/aromatic N) is 3. The van der Waals surface area contributed by atoms with Crippen molar-refractivity contribution in [2.45, 2.75) is 13.5 Å². The highest BCUT2D eigenvalue weighted by Crippen LogP contribution is 2.30. The SMILES string of the molecule is CNC(=O)c1nc(C)n2c1CN=C(c1ccccc1)c1cc(Cl)ccc1-2. The zero-order valence-electron chi connectivity index (χ0n) is 14.5. The van der Waals surface area contributed by atoms with Crippen LogP contribution in [0.5, 0.6) is 0 Å². The highest BCUT2D eigenvalue weighted by atomic mass is 35.5. The van der Waals surface area contributed by atoms with Crippen molar-refractivity contribution < 1.29 is 4.79 Å². The predicted octanol–water partition coefficient (Wildman–Crippen LogP) is 3.54. The van der Waals surface area contributed by atoms with Crippen LogP contribution in [0.4, 0.5) is 0 Å². The summed E-state index contributed by atoms with van der Waals surface area (Å²) in [6.45, 7) is 2.25. The van der Waals surface area contributed by atoms with Gasteiger partial charge in [-0.05, 0) is 25.1 Å².